The van der Waals surface area contributed by atoms with Gasteiger partial charge >= 0.3 is 0 Å². The number of sulfone groups is 1. The van der Waals surface area contributed by atoms with Crippen molar-refractivity contribution in [3.8, 4) is 5.88 Å². The SMILES string of the molecule is CC1CN(c2cc(OCc3ccccc3)ncn2)CC(C)S1(=O)=O. The first-order valence-electron chi connectivity index (χ1n) is 7.93. The Bertz CT molecular complexity index is 778. The van der Waals surface area contributed by atoms with Crippen LogP contribution in [0, 0.1) is 0 Å². The van der Waals surface area contributed by atoms with Crippen LogP contribution in [0.1, 0.15) is 19.4 Å². The predicted molar refractivity (Wildman–Crippen MR) is 92.9 cm³/mol. The lowest BCUT2D eigenvalue weighted by molar-refractivity contribution is 0.293. The van der Waals surface area contributed by atoms with Gasteiger partial charge < -0.3 is 9.64 Å². The van der Waals surface area contributed by atoms with E-state index in [0.717, 1.165) is 5.56 Å². The van der Waals surface area contributed by atoms with Crippen molar-refractivity contribution in [3.63, 3.8) is 0 Å². The third-order valence-electron chi connectivity index (χ3n) is 4.26. The molecule has 1 aromatic heterocycles. The van der Waals surface area contributed by atoms with E-state index in [1.54, 1.807) is 19.9 Å². The van der Waals surface area contributed by atoms with Gasteiger partial charge in [-0.25, -0.2) is 18.4 Å². The van der Waals surface area contributed by atoms with Crippen LogP contribution in [0.4, 0.5) is 5.82 Å². The molecule has 1 aliphatic heterocycles. The largest absolute Gasteiger partial charge is 0.473 e. The first-order chi connectivity index (χ1) is 11.5. The monoisotopic (exact) mass is 347 g/mol. The van der Waals surface area contributed by atoms with Gasteiger partial charge in [-0.2, -0.15) is 0 Å². The molecule has 6 nitrogen and oxygen atoms in total. The molecule has 0 radical (unpaired) electrons. The first-order valence-corrected chi connectivity index (χ1v) is 9.54. The van der Waals surface area contributed by atoms with Crippen LogP contribution in [0.2, 0.25) is 0 Å². The van der Waals surface area contributed by atoms with Gasteiger partial charge in [0.25, 0.3) is 0 Å². The number of nitrogens with zero attached hydrogens (tertiary/aromatic N) is 3. The Morgan fingerprint density at radius 1 is 1.12 bits per heavy atom. The highest BCUT2D eigenvalue weighted by molar-refractivity contribution is 7.92. The second-order valence-corrected chi connectivity index (χ2v) is 8.89. The van der Waals surface area contributed by atoms with Gasteiger partial charge in [-0.15, -0.1) is 0 Å². The molecule has 0 spiro atoms. The molecule has 2 unspecified atom stereocenters. The van der Waals surface area contributed by atoms with E-state index in [1.165, 1.54) is 6.33 Å². The summed E-state index contributed by atoms with van der Waals surface area (Å²) in [6, 6.07) is 11.6. The summed E-state index contributed by atoms with van der Waals surface area (Å²) in [6.07, 6.45) is 1.45. The Morgan fingerprint density at radius 2 is 1.79 bits per heavy atom. The highest BCUT2D eigenvalue weighted by atomic mass is 32.2. The van der Waals surface area contributed by atoms with Crippen molar-refractivity contribution in [2.24, 2.45) is 0 Å². The van der Waals surface area contributed by atoms with Gasteiger partial charge in [-0.1, -0.05) is 30.3 Å². The van der Waals surface area contributed by atoms with Gasteiger partial charge in [-0.05, 0) is 19.4 Å². The topological polar surface area (TPSA) is 72.4 Å². The van der Waals surface area contributed by atoms with Gasteiger partial charge in [0, 0.05) is 19.2 Å². The molecule has 128 valence electrons. The van der Waals surface area contributed by atoms with Gasteiger partial charge in [0.1, 0.15) is 18.8 Å². The summed E-state index contributed by atoms with van der Waals surface area (Å²) in [5.74, 6) is 1.18. The van der Waals surface area contributed by atoms with Crippen molar-refractivity contribution < 1.29 is 13.2 Å². The zero-order valence-corrected chi connectivity index (χ0v) is 14.6. The van der Waals surface area contributed by atoms with Crippen LogP contribution in [0.25, 0.3) is 0 Å². The fourth-order valence-corrected chi connectivity index (χ4v) is 4.37. The molecule has 1 fully saturated rings. The summed E-state index contributed by atoms with van der Waals surface area (Å²) in [5, 5.41) is -0.824. The second kappa shape index (κ2) is 6.76. The number of aromatic nitrogens is 2. The standard InChI is InChI=1S/C17H21N3O3S/c1-13-9-20(10-14(2)24(13,21)22)16-8-17(19-12-18-16)23-11-15-6-4-3-5-7-15/h3-8,12-14H,9-11H2,1-2H3. The van der Waals surface area contributed by atoms with Crippen LogP contribution in [0.5, 0.6) is 5.88 Å². The van der Waals surface area contributed by atoms with Gasteiger partial charge in [0.2, 0.25) is 5.88 Å². The summed E-state index contributed by atoms with van der Waals surface area (Å²) in [4.78, 5) is 10.4. The van der Waals surface area contributed by atoms with Crippen molar-refractivity contribution in [2.45, 2.75) is 31.0 Å². The Morgan fingerprint density at radius 3 is 2.46 bits per heavy atom. The van der Waals surface area contributed by atoms with Crippen molar-refractivity contribution in [1.82, 2.24) is 9.97 Å². The molecule has 0 amide bonds. The maximum absolute atomic E-state index is 12.1. The average Bonchev–Trinajstić information content (AvgIpc) is 2.59. The van der Waals surface area contributed by atoms with Crippen LogP contribution < -0.4 is 9.64 Å². The quantitative estimate of drug-likeness (QED) is 0.843. The minimum atomic E-state index is -3.05. The van der Waals surface area contributed by atoms with Crippen LogP contribution in [0.3, 0.4) is 0 Å². The molecule has 0 aliphatic carbocycles. The third-order valence-corrected chi connectivity index (χ3v) is 6.80. The average molecular weight is 347 g/mol. The lowest BCUT2D eigenvalue weighted by Gasteiger charge is -2.35. The Kier molecular flexibility index (Phi) is 4.71. The second-order valence-electron chi connectivity index (χ2n) is 6.10. The predicted octanol–water partition coefficient (Wildman–Crippen LogP) is 2.07. The number of anilines is 1. The van der Waals surface area contributed by atoms with Crippen molar-refractivity contribution in [3.05, 3.63) is 48.3 Å². The molecule has 1 saturated heterocycles. The molecule has 0 N–H and O–H groups in total. The normalized spacial score (nSPS) is 23.0. The highest BCUT2D eigenvalue weighted by Crippen LogP contribution is 2.24. The van der Waals surface area contributed by atoms with Crippen molar-refractivity contribution >= 4 is 15.7 Å². The smallest absolute Gasteiger partial charge is 0.218 e. The van der Waals surface area contributed by atoms with E-state index < -0.39 is 20.3 Å². The molecular formula is C17H21N3O3S. The molecule has 24 heavy (non-hydrogen) atoms. The fraction of sp³-hybridized carbons (Fsp3) is 0.412. The minimum absolute atomic E-state index is 0.412. The van der Waals surface area contributed by atoms with E-state index in [9.17, 15) is 8.42 Å². The van der Waals surface area contributed by atoms with Crippen LogP contribution >= 0.6 is 0 Å². The molecule has 7 heteroatoms. The lowest BCUT2D eigenvalue weighted by Crippen LogP contribution is -2.50. The van der Waals surface area contributed by atoms with Crippen molar-refractivity contribution in [2.75, 3.05) is 18.0 Å². The van der Waals surface area contributed by atoms with Gasteiger partial charge in [0.15, 0.2) is 9.84 Å². The fourth-order valence-electron chi connectivity index (χ4n) is 2.80. The number of hydrogen-bond donors (Lipinski definition) is 0. The maximum Gasteiger partial charge on any atom is 0.218 e. The molecule has 2 atom stereocenters. The zero-order chi connectivity index (χ0) is 17.2. The zero-order valence-electron chi connectivity index (χ0n) is 13.8. The number of benzene rings is 1. The molecule has 2 aromatic rings. The molecule has 2 heterocycles. The number of ether oxygens (including phenoxy) is 1. The Balaban J connectivity index is 1.71. The van der Waals surface area contributed by atoms with Crippen molar-refractivity contribution in [1.29, 1.82) is 0 Å². The molecule has 1 aromatic carbocycles. The van der Waals surface area contributed by atoms with E-state index in [0.29, 0.717) is 31.4 Å². The minimum Gasteiger partial charge on any atom is -0.473 e. The summed E-state index contributed by atoms with van der Waals surface area (Å²) in [6.45, 7) is 4.78. The number of hydrogen-bond acceptors (Lipinski definition) is 6. The molecule has 3 rings (SSSR count). The molecular weight excluding hydrogens is 326 g/mol. The molecule has 1 aliphatic rings. The van der Waals surface area contributed by atoms with E-state index in [-0.39, 0.29) is 0 Å². The molecule has 0 bridgehead atoms. The van der Waals surface area contributed by atoms with E-state index in [1.807, 2.05) is 35.2 Å². The molecule has 0 saturated carbocycles. The number of rotatable bonds is 4. The summed E-state index contributed by atoms with van der Waals surface area (Å²) in [7, 11) is -3.05. The Hall–Kier alpha value is -2.15. The van der Waals surface area contributed by atoms with Crippen LogP contribution in [-0.4, -0.2) is 42.0 Å². The summed E-state index contributed by atoms with van der Waals surface area (Å²) >= 11 is 0. The van der Waals surface area contributed by atoms with Gasteiger partial charge in [0.05, 0.1) is 10.5 Å². The van der Waals surface area contributed by atoms with E-state index in [4.69, 9.17) is 4.74 Å². The first kappa shape index (κ1) is 16.7. The van der Waals surface area contributed by atoms with Crippen LogP contribution in [0.15, 0.2) is 42.7 Å². The van der Waals surface area contributed by atoms with E-state index >= 15 is 0 Å². The maximum atomic E-state index is 12.1. The van der Waals surface area contributed by atoms with E-state index in [2.05, 4.69) is 9.97 Å². The Labute approximate surface area is 142 Å². The summed E-state index contributed by atoms with van der Waals surface area (Å²) < 4.78 is 30.0. The van der Waals surface area contributed by atoms with Gasteiger partial charge in [-0.3, -0.25) is 0 Å². The lowest BCUT2D eigenvalue weighted by atomic mass is 10.2. The summed E-state index contributed by atoms with van der Waals surface area (Å²) in [5.41, 5.74) is 1.06. The third kappa shape index (κ3) is 3.51. The highest BCUT2D eigenvalue weighted by Gasteiger charge is 2.36. The van der Waals surface area contributed by atoms with Crippen LogP contribution in [-0.2, 0) is 16.4 Å².